The number of rotatable bonds is 5. The summed E-state index contributed by atoms with van der Waals surface area (Å²) in [5.74, 6) is 0. The minimum absolute atomic E-state index is 0.202. The van der Waals surface area contributed by atoms with Gasteiger partial charge in [-0.1, -0.05) is 0 Å². The molecular formula is C17H13F6NSe2. The molecule has 0 fully saturated rings. The van der Waals surface area contributed by atoms with E-state index < -0.39 is 23.5 Å². The van der Waals surface area contributed by atoms with Gasteiger partial charge in [0.1, 0.15) is 0 Å². The van der Waals surface area contributed by atoms with Crippen molar-refractivity contribution in [1.29, 1.82) is 0 Å². The summed E-state index contributed by atoms with van der Waals surface area (Å²) in [5, 5.41) is 0. The zero-order valence-electron chi connectivity index (χ0n) is 13.1. The van der Waals surface area contributed by atoms with Crippen molar-refractivity contribution in [2.24, 2.45) is 5.73 Å². The third kappa shape index (κ3) is 6.18. The van der Waals surface area contributed by atoms with Crippen LogP contribution in [0.25, 0.3) is 0 Å². The van der Waals surface area contributed by atoms with E-state index in [4.69, 9.17) is 5.73 Å². The molecule has 0 saturated carbocycles. The van der Waals surface area contributed by atoms with Gasteiger partial charge >= 0.3 is 159 Å². The Bertz CT molecular complexity index is 749. The van der Waals surface area contributed by atoms with Gasteiger partial charge in [-0.05, 0) is 0 Å². The first-order valence-corrected chi connectivity index (χ1v) is 10.7. The van der Waals surface area contributed by atoms with Crippen LogP contribution >= 0.6 is 0 Å². The van der Waals surface area contributed by atoms with E-state index in [9.17, 15) is 26.3 Å². The Labute approximate surface area is 159 Å². The zero-order valence-corrected chi connectivity index (χ0v) is 16.5. The molecule has 0 unspecified atom stereocenters. The molecule has 26 heavy (non-hydrogen) atoms. The molecule has 9 heteroatoms. The fourth-order valence-corrected chi connectivity index (χ4v) is 5.74. The van der Waals surface area contributed by atoms with Gasteiger partial charge in [-0.3, -0.25) is 0 Å². The third-order valence-electron chi connectivity index (χ3n) is 3.14. The molecule has 0 aromatic heterocycles. The first kappa shape index (κ1) is 21.1. The van der Waals surface area contributed by atoms with Crippen LogP contribution in [0.4, 0.5) is 26.3 Å². The number of nitrogens with two attached hydrogens (primary N) is 1. The summed E-state index contributed by atoms with van der Waals surface area (Å²) in [6.45, 7) is 0.253. The number of alkyl halides is 6. The van der Waals surface area contributed by atoms with Gasteiger partial charge in [0.15, 0.2) is 0 Å². The van der Waals surface area contributed by atoms with Crippen molar-refractivity contribution in [3.63, 3.8) is 0 Å². The summed E-state index contributed by atoms with van der Waals surface area (Å²) in [6, 6.07) is 9.85. The van der Waals surface area contributed by atoms with E-state index in [1.54, 1.807) is 0 Å². The molecule has 1 nitrogen and oxygen atoms in total. The summed E-state index contributed by atoms with van der Waals surface area (Å²) in [7, 11) is 0. The average molecular weight is 503 g/mol. The minimum atomic E-state index is -4.37. The van der Waals surface area contributed by atoms with Gasteiger partial charge in [-0.25, -0.2) is 0 Å². The molecule has 0 aliphatic rings. The maximum atomic E-state index is 12.6. The molecule has 2 N–H and O–H groups in total. The Morgan fingerprint density at radius 3 is 1.58 bits per heavy atom. The van der Waals surface area contributed by atoms with Crippen LogP contribution in [0.2, 0.25) is 0 Å². The topological polar surface area (TPSA) is 26.0 Å². The quantitative estimate of drug-likeness (QED) is 0.494. The number of hydrogen-bond donors (Lipinski definition) is 1. The van der Waals surface area contributed by atoms with E-state index in [2.05, 4.69) is 0 Å². The summed E-state index contributed by atoms with van der Waals surface area (Å²) >= 11 is -0.432. The van der Waals surface area contributed by atoms with E-state index in [0.29, 0.717) is 0 Å². The normalized spacial score (nSPS) is 13.1. The third-order valence-corrected chi connectivity index (χ3v) is 8.10. The van der Waals surface area contributed by atoms with Crippen molar-refractivity contribution in [1.82, 2.24) is 0 Å². The summed E-state index contributed by atoms with van der Waals surface area (Å²) < 4.78 is 77.7. The van der Waals surface area contributed by atoms with Crippen LogP contribution in [0.3, 0.4) is 0 Å². The molecule has 0 aliphatic carbocycles. The molecule has 0 aliphatic heterocycles. The zero-order chi connectivity index (χ0) is 19.4. The van der Waals surface area contributed by atoms with Crippen LogP contribution in [-0.2, 0) is 12.4 Å². The fraction of sp³-hybridized carbons (Fsp3) is 0.176. The summed E-state index contributed by atoms with van der Waals surface area (Å²) in [6.07, 6.45) is -8.74. The second-order valence-electron chi connectivity index (χ2n) is 5.05. The number of hydrogen-bond acceptors (Lipinski definition) is 1. The van der Waals surface area contributed by atoms with Crippen LogP contribution in [0.5, 0.6) is 0 Å². The Morgan fingerprint density at radius 1 is 0.769 bits per heavy atom. The first-order valence-electron chi connectivity index (χ1n) is 7.18. The second kappa shape index (κ2) is 8.63. The van der Waals surface area contributed by atoms with Gasteiger partial charge in [0.25, 0.3) is 0 Å². The average Bonchev–Trinajstić information content (AvgIpc) is 2.58. The molecule has 0 bridgehead atoms. The molecule has 0 amide bonds. The molecule has 2 aromatic rings. The van der Waals surface area contributed by atoms with Crippen molar-refractivity contribution < 1.29 is 26.3 Å². The van der Waals surface area contributed by atoms with E-state index in [1.807, 2.05) is 4.97 Å². The first-order chi connectivity index (χ1) is 12.1. The van der Waals surface area contributed by atoms with Gasteiger partial charge < -0.3 is 0 Å². The molecule has 0 saturated heterocycles. The molecule has 2 aromatic carbocycles. The van der Waals surface area contributed by atoms with E-state index in [0.717, 1.165) is 37.7 Å². The Kier molecular flexibility index (Phi) is 6.99. The Hall–Kier alpha value is -1.24. The molecule has 140 valence electrons. The predicted molar refractivity (Wildman–Crippen MR) is 90.8 cm³/mol. The molecule has 0 spiro atoms. The predicted octanol–water partition coefficient (Wildman–Crippen LogP) is 2.88. The molecule has 0 atom stereocenters. The molecule has 0 heterocycles. The van der Waals surface area contributed by atoms with Crippen LogP contribution in [0.1, 0.15) is 11.1 Å². The van der Waals surface area contributed by atoms with Crippen molar-refractivity contribution in [2.75, 3.05) is 6.54 Å². The van der Waals surface area contributed by atoms with Crippen LogP contribution in [0, 0.1) is 0 Å². The van der Waals surface area contributed by atoms with E-state index >= 15 is 0 Å². The monoisotopic (exact) mass is 505 g/mol. The van der Waals surface area contributed by atoms with Crippen molar-refractivity contribution >= 4 is 38.8 Å². The molecule has 2 rings (SSSR count). The van der Waals surface area contributed by atoms with Gasteiger partial charge in [-0.15, -0.1) is 0 Å². The maximum absolute atomic E-state index is 12.6. The van der Waals surface area contributed by atoms with Crippen LogP contribution < -0.4 is 14.7 Å². The van der Waals surface area contributed by atoms with E-state index in [1.165, 1.54) is 24.3 Å². The van der Waals surface area contributed by atoms with Crippen molar-refractivity contribution in [3.05, 3.63) is 69.1 Å². The van der Waals surface area contributed by atoms with Gasteiger partial charge in [0, 0.05) is 0 Å². The van der Waals surface area contributed by atoms with Crippen molar-refractivity contribution in [2.45, 2.75) is 12.4 Å². The van der Waals surface area contributed by atoms with Crippen LogP contribution in [-0.4, -0.2) is 36.5 Å². The van der Waals surface area contributed by atoms with E-state index in [-0.39, 0.29) is 36.5 Å². The van der Waals surface area contributed by atoms with Crippen molar-refractivity contribution in [3.8, 4) is 0 Å². The van der Waals surface area contributed by atoms with Crippen LogP contribution in [0.15, 0.2) is 58.0 Å². The van der Waals surface area contributed by atoms with Gasteiger partial charge in [0.05, 0.1) is 0 Å². The Morgan fingerprint density at radius 2 is 1.19 bits per heavy atom. The Balaban J connectivity index is 2.04. The summed E-state index contributed by atoms with van der Waals surface area (Å²) in [4.78, 5) is 1.88. The second-order valence-corrected chi connectivity index (χ2v) is 9.55. The molecule has 0 radical (unpaired) electrons. The van der Waals surface area contributed by atoms with Gasteiger partial charge in [0.2, 0.25) is 0 Å². The fourth-order valence-electron chi connectivity index (χ4n) is 1.83. The standard InChI is InChI=1S/C17H13F6NSe2/c18-16(19,20)11-1-5-13(6-2-11)25-10-15(9-24)26-14-7-3-12(4-8-14)17(21,22)23/h1-8,10H,9,24H2/b15-10+. The number of benzene rings is 2. The van der Waals surface area contributed by atoms with Gasteiger partial charge in [-0.2, -0.15) is 0 Å². The summed E-state index contributed by atoms with van der Waals surface area (Å²) in [5.41, 5.74) is 4.29. The number of halogens is 6. The SMILES string of the molecule is NC/C(=C\[Se]c1ccc(C(F)(F)F)cc1)[Se]c1ccc(C(F)(F)F)cc1. The molecular weight excluding hydrogens is 490 g/mol.